The minimum atomic E-state index is -1.03. The first kappa shape index (κ1) is 18.7. The molecule has 0 saturated carbocycles. The second-order valence-corrected chi connectivity index (χ2v) is 7.68. The molecule has 3 aromatic carbocycles. The first-order valence-electron chi connectivity index (χ1n) is 8.90. The summed E-state index contributed by atoms with van der Waals surface area (Å²) in [5.74, 6) is 0.0301. The average Bonchev–Trinajstić information content (AvgIpc) is 2.69. The molecule has 26 heavy (non-hydrogen) atoms. The van der Waals surface area contributed by atoms with Crippen molar-refractivity contribution in [3.8, 4) is 0 Å². The lowest BCUT2D eigenvalue weighted by Crippen LogP contribution is -2.39. The van der Waals surface area contributed by atoms with Crippen LogP contribution in [0, 0.1) is 5.92 Å². The molecule has 0 amide bonds. The zero-order valence-electron chi connectivity index (χ0n) is 15.2. The summed E-state index contributed by atoms with van der Waals surface area (Å²) in [6.07, 6.45) is 0. The predicted molar refractivity (Wildman–Crippen MR) is 110 cm³/mol. The second kappa shape index (κ2) is 8.54. The van der Waals surface area contributed by atoms with Gasteiger partial charge in [0.2, 0.25) is 0 Å². The summed E-state index contributed by atoms with van der Waals surface area (Å²) in [6.45, 7) is 2.81. The number of nitrogens with one attached hydrogen (secondary N) is 1. The molecule has 0 fully saturated rings. The van der Waals surface area contributed by atoms with Crippen molar-refractivity contribution < 1.29 is 5.11 Å². The van der Waals surface area contributed by atoms with Crippen LogP contribution in [0.5, 0.6) is 0 Å². The van der Waals surface area contributed by atoms with Gasteiger partial charge in [-0.2, -0.15) is 0 Å². The number of benzene rings is 3. The molecule has 0 heterocycles. The van der Waals surface area contributed by atoms with Gasteiger partial charge in [0.05, 0.1) is 0 Å². The van der Waals surface area contributed by atoms with Gasteiger partial charge in [-0.25, -0.2) is 0 Å². The minimum absolute atomic E-state index is 0.0301. The van der Waals surface area contributed by atoms with Gasteiger partial charge in [-0.05, 0) is 42.4 Å². The van der Waals surface area contributed by atoms with Gasteiger partial charge in [0.1, 0.15) is 5.60 Å². The van der Waals surface area contributed by atoms with Crippen LogP contribution in [-0.4, -0.2) is 18.7 Å². The van der Waals surface area contributed by atoms with Crippen LogP contribution in [0.4, 0.5) is 0 Å². The fraction of sp³-hybridized carbons (Fsp3) is 0.217. The van der Waals surface area contributed by atoms with Crippen LogP contribution in [0.2, 0.25) is 0 Å². The molecule has 0 aliphatic carbocycles. The van der Waals surface area contributed by atoms with Crippen molar-refractivity contribution in [1.82, 2.24) is 5.32 Å². The summed E-state index contributed by atoms with van der Waals surface area (Å²) in [5.41, 5.74) is 0.815. The van der Waals surface area contributed by atoms with Gasteiger partial charge in [0.25, 0.3) is 0 Å². The highest BCUT2D eigenvalue weighted by Gasteiger charge is 2.37. The lowest BCUT2D eigenvalue weighted by Gasteiger charge is -2.35. The Morgan fingerprint density at radius 3 is 1.88 bits per heavy atom. The van der Waals surface area contributed by atoms with Crippen LogP contribution in [0.1, 0.15) is 18.1 Å². The SMILES string of the molecule is CNCC(C)C(O)(c1ccccc1)c1ccc(Sc2ccccc2)cc1. The van der Waals surface area contributed by atoms with E-state index in [1.165, 1.54) is 4.90 Å². The molecule has 3 rings (SSSR count). The molecule has 2 N–H and O–H groups in total. The Morgan fingerprint density at radius 1 is 0.808 bits per heavy atom. The monoisotopic (exact) mass is 363 g/mol. The summed E-state index contributed by atoms with van der Waals surface area (Å²) in [4.78, 5) is 2.37. The van der Waals surface area contributed by atoms with E-state index in [1.54, 1.807) is 11.8 Å². The largest absolute Gasteiger partial charge is 0.380 e. The standard InChI is InChI=1S/C23H25NOS/c1-18(17-24-2)23(25,19-9-5-3-6-10-19)20-13-15-22(16-14-20)26-21-11-7-4-8-12-21/h3-16,18,24-25H,17H2,1-2H3. The lowest BCUT2D eigenvalue weighted by atomic mass is 9.77. The Balaban J connectivity index is 1.92. The molecule has 0 aromatic heterocycles. The van der Waals surface area contributed by atoms with Crippen molar-refractivity contribution in [2.45, 2.75) is 22.3 Å². The number of hydrogen-bond acceptors (Lipinski definition) is 3. The highest BCUT2D eigenvalue weighted by molar-refractivity contribution is 7.99. The molecule has 3 heteroatoms. The maximum absolute atomic E-state index is 11.7. The molecule has 0 spiro atoms. The smallest absolute Gasteiger partial charge is 0.118 e. The van der Waals surface area contributed by atoms with E-state index < -0.39 is 5.60 Å². The average molecular weight is 364 g/mol. The zero-order chi connectivity index (χ0) is 18.4. The van der Waals surface area contributed by atoms with E-state index in [0.29, 0.717) is 0 Å². The van der Waals surface area contributed by atoms with Crippen LogP contribution in [0.15, 0.2) is 94.7 Å². The molecule has 0 radical (unpaired) electrons. The van der Waals surface area contributed by atoms with Crippen molar-refractivity contribution >= 4 is 11.8 Å². The molecule has 2 atom stereocenters. The quantitative estimate of drug-likeness (QED) is 0.624. The first-order valence-corrected chi connectivity index (χ1v) is 9.72. The van der Waals surface area contributed by atoms with E-state index in [2.05, 4.69) is 36.5 Å². The fourth-order valence-corrected chi connectivity index (χ4v) is 4.12. The molecular formula is C23H25NOS. The highest BCUT2D eigenvalue weighted by Crippen LogP contribution is 2.38. The zero-order valence-corrected chi connectivity index (χ0v) is 16.0. The van der Waals surface area contributed by atoms with Crippen molar-refractivity contribution in [2.24, 2.45) is 5.92 Å². The minimum Gasteiger partial charge on any atom is -0.380 e. The highest BCUT2D eigenvalue weighted by atomic mass is 32.2. The summed E-state index contributed by atoms with van der Waals surface area (Å²) in [6, 6.07) is 28.5. The lowest BCUT2D eigenvalue weighted by molar-refractivity contribution is 0.0248. The molecule has 0 saturated heterocycles. The van der Waals surface area contributed by atoms with Crippen LogP contribution in [-0.2, 0) is 5.60 Å². The molecule has 2 nitrogen and oxygen atoms in total. The van der Waals surface area contributed by atoms with E-state index in [4.69, 9.17) is 0 Å². The fourth-order valence-electron chi connectivity index (χ4n) is 3.28. The summed E-state index contributed by atoms with van der Waals surface area (Å²) < 4.78 is 0. The molecule has 2 unspecified atom stereocenters. The third-order valence-corrected chi connectivity index (χ3v) is 5.73. The Hall–Kier alpha value is -2.07. The van der Waals surface area contributed by atoms with Crippen molar-refractivity contribution in [3.63, 3.8) is 0 Å². The normalized spacial score (nSPS) is 14.6. The molecule has 0 aliphatic rings. The third-order valence-electron chi connectivity index (χ3n) is 4.71. The van der Waals surface area contributed by atoms with Crippen LogP contribution in [0.3, 0.4) is 0 Å². The van der Waals surface area contributed by atoms with Gasteiger partial charge in [-0.1, -0.05) is 79.3 Å². The maximum atomic E-state index is 11.7. The van der Waals surface area contributed by atoms with E-state index in [9.17, 15) is 5.11 Å². The molecule has 0 aliphatic heterocycles. The molecular weight excluding hydrogens is 338 g/mol. The number of aliphatic hydroxyl groups is 1. The van der Waals surface area contributed by atoms with E-state index >= 15 is 0 Å². The first-order chi connectivity index (χ1) is 12.6. The maximum Gasteiger partial charge on any atom is 0.118 e. The van der Waals surface area contributed by atoms with Crippen LogP contribution < -0.4 is 5.32 Å². The van der Waals surface area contributed by atoms with Gasteiger partial charge in [0.15, 0.2) is 0 Å². The number of hydrogen-bond donors (Lipinski definition) is 2. The predicted octanol–water partition coefficient (Wildman–Crippen LogP) is 4.93. The second-order valence-electron chi connectivity index (χ2n) is 6.53. The molecule has 134 valence electrons. The Kier molecular flexibility index (Phi) is 6.15. The Bertz CT molecular complexity index is 805. The van der Waals surface area contributed by atoms with Gasteiger partial charge in [-0.15, -0.1) is 0 Å². The van der Waals surface area contributed by atoms with Crippen molar-refractivity contribution in [2.75, 3.05) is 13.6 Å². The van der Waals surface area contributed by atoms with Crippen molar-refractivity contribution in [1.29, 1.82) is 0 Å². The number of rotatable bonds is 7. The molecule has 3 aromatic rings. The van der Waals surface area contributed by atoms with Crippen molar-refractivity contribution in [3.05, 3.63) is 96.1 Å². The summed E-state index contributed by atoms with van der Waals surface area (Å²) in [5, 5.41) is 14.9. The topological polar surface area (TPSA) is 32.3 Å². The Morgan fingerprint density at radius 2 is 1.31 bits per heavy atom. The van der Waals surface area contributed by atoms with E-state index in [1.807, 2.05) is 67.7 Å². The van der Waals surface area contributed by atoms with Crippen LogP contribution >= 0.6 is 11.8 Å². The van der Waals surface area contributed by atoms with Gasteiger partial charge >= 0.3 is 0 Å². The van der Waals surface area contributed by atoms with Gasteiger partial charge in [-0.3, -0.25) is 0 Å². The molecule has 0 bridgehead atoms. The van der Waals surface area contributed by atoms with Gasteiger partial charge < -0.3 is 10.4 Å². The van der Waals surface area contributed by atoms with Gasteiger partial charge in [0, 0.05) is 22.3 Å². The summed E-state index contributed by atoms with van der Waals surface area (Å²) in [7, 11) is 1.92. The Labute approximate surface area is 160 Å². The van der Waals surface area contributed by atoms with E-state index in [-0.39, 0.29) is 5.92 Å². The van der Waals surface area contributed by atoms with E-state index in [0.717, 1.165) is 22.6 Å². The summed E-state index contributed by atoms with van der Waals surface area (Å²) >= 11 is 1.73. The third kappa shape index (κ3) is 4.01. The van der Waals surface area contributed by atoms with Crippen LogP contribution in [0.25, 0.3) is 0 Å².